The maximum absolute atomic E-state index is 11.5. The van der Waals surface area contributed by atoms with Crippen LogP contribution in [-0.2, 0) is 11.3 Å². The summed E-state index contributed by atoms with van der Waals surface area (Å²) in [6, 6.07) is 17.2. The fourth-order valence-electron chi connectivity index (χ4n) is 2.07. The van der Waals surface area contributed by atoms with Crippen LogP contribution in [0.25, 0.3) is 0 Å². The van der Waals surface area contributed by atoms with Crippen LogP contribution in [0.4, 0.5) is 0 Å². The monoisotopic (exact) mass is 254 g/mol. The van der Waals surface area contributed by atoms with Crippen molar-refractivity contribution < 1.29 is 4.79 Å². The molecule has 1 atom stereocenters. The molecule has 2 rings (SSSR count). The van der Waals surface area contributed by atoms with Crippen molar-refractivity contribution in [1.29, 1.82) is 0 Å². The molecule has 0 heterocycles. The van der Waals surface area contributed by atoms with E-state index >= 15 is 0 Å². The zero-order valence-corrected chi connectivity index (χ0v) is 11.0. The predicted molar refractivity (Wildman–Crippen MR) is 76.4 cm³/mol. The highest BCUT2D eigenvalue weighted by Gasteiger charge is 2.16. The van der Waals surface area contributed by atoms with Crippen LogP contribution in [-0.4, -0.2) is 5.91 Å². The number of hydrogen-bond acceptors (Lipinski definition) is 2. The van der Waals surface area contributed by atoms with Gasteiger partial charge in [0.1, 0.15) is 6.04 Å². The number of primary amides is 1. The van der Waals surface area contributed by atoms with E-state index in [1.54, 1.807) is 0 Å². The lowest BCUT2D eigenvalue weighted by Gasteiger charge is -2.16. The Bertz CT molecular complexity index is 552. The molecule has 0 aliphatic carbocycles. The molecule has 3 heteroatoms. The number of benzene rings is 2. The van der Waals surface area contributed by atoms with Crippen LogP contribution in [0.5, 0.6) is 0 Å². The van der Waals surface area contributed by atoms with E-state index < -0.39 is 6.04 Å². The second-order valence-electron chi connectivity index (χ2n) is 4.62. The summed E-state index contributed by atoms with van der Waals surface area (Å²) in [7, 11) is 0. The Hall–Kier alpha value is -2.13. The van der Waals surface area contributed by atoms with E-state index in [2.05, 4.69) is 11.4 Å². The van der Waals surface area contributed by atoms with Crippen molar-refractivity contribution in [1.82, 2.24) is 5.32 Å². The van der Waals surface area contributed by atoms with E-state index in [1.807, 2.05) is 55.5 Å². The lowest BCUT2D eigenvalue weighted by molar-refractivity contribution is -0.120. The maximum Gasteiger partial charge on any atom is 0.239 e. The van der Waals surface area contributed by atoms with Gasteiger partial charge < -0.3 is 5.73 Å². The van der Waals surface area contributed by atoms with E-state index in [0.717, 1.165) is 11.1 Å². The summed E-state index contributed by atoms with van der Waals surface area (Å²) in [6.45, 7) is 2.66. The fraction of sp³-hybridized carbons (Fsp3) is 0.188. The molecule has 19 heavy (non-hydrogen) atoms. The molecule has 0 fully saturated rings. The van der Waals surface area contributed by atoms with Crippen molar-refractivity contribution in [2.24, 2.45) is 5.73 Å². The standard InChI is InChI=1S/C16H18N2O/c1-12-6-5-7-13(10-12)11-18-15(16(17)19)14-8-3-2-4-9-14/h2-10,15,18H,11H2,1H3,(H2,17,19). The molecule has 3 nitrogen and oxygen atoms in total. The van der Waals surface area contributed by atoms with Crippen LogP contribution in [0, 0.1) is 6.92 Å². The Labute approximate surface area is 113 Å². The molecule has 0 spiro atoms. The summed E-state index contributed by atoms with van der Waals surface area (Å²) in [4.78, 5) is 11.5. The molecule has 0 aliphatic rings. The van der Waals surface area contributed by atoms with Gasteiger partial charge in [0.05, 0.1) is 0 Å². The van der Waals surface area contributed by atoms with Crippen molar-refractivity contribution in [3.63, 3.8) is 0 Å². The first-order valence-electron chi connectivity index (χ1n) is 6.30. The van der Waals surface area contributed by atoms with Crippen LogP contribution >= 0.6 is 0 Å². The average Bonchev–Trinajstić information content (AvgIpc) is 2.40. The minimum absolute atomic E-state index is 0.362. The van der Waals surface area contributed by atoms with Crippen molar-refractivity contribution in [2.45, 2.75) is 19.5 Å². The van der Waals surface area contributed by atoms with Gasteiger partial charge in [0, 0.05) is 6.54 Å². The zero-order valence-electron chi connectivity index (χ0n) is 11.0. The Kier molecular flexibility index (Phi) is 4.31. The van der Waals surface area contributed by atoms with Gasteiger partial charge in [-0.1, -0.05) is 60.2 Å². The highest BCUT2D eigenvalue weighted by Crippen LogP contribution is 2.13. The minimum Gasteiger partial charge on any atom is -0.368 e. The molecule has 0 aromatic heterocycles. The van der Waals surface area contributed by atoms with E-state index in [9.17, 15) is 4.79 Å². The number of hydrogen-bond donors (Lipinski definition) is 2. The first-order chi connectivity index (χ1) is 9.16. The second-order valence-corrected chi connectivity index (χ2v) is 4.62. The highest BCUT2D eigenvalue weighted by molar-refractivity contribution is 5.81. The van der Waals surface area contributed by atoms with Crippen LogP contribution in [0.1, 0.15) is 22.7 Å². The predicted octanol–water partition coefficient (Wildman–Crippen LogP) is 2.31. The summed E-state index contributed by atoms with van der Waals surface area (Å²) < 4.78 is 0. The van der Waals surface area contributed by atoms with Crippen LogP contribution in [0.15, 0.2) is 54.6 Å². The molecule has 0 bridgehead atoms. The van der Waals surface area contributed by atoms with Gasteiger partial charge in [-0.3, -0.25) is 10.1 Å². The Morgan fingerprint density at radius 3 is 2.53 bits per heavy atom. The maximum atomic E-state index is 11.5. The second kappa shape index (κ2) is 6.16. The van der Waals surface area contributed by atoms with Gasteiger partial charge in [-0.2, -0.15) is 0 Å². The number of carbonyl (C=O) groups excluding carboxylic acids is 1. The third-order valence-corrected chi connectivity index (χ3v) is 3.01. The average molecular weight is 254 g/mol. The molecular formula is C16H18N2O. The minimum atomic E-state index is -0.457. The molecule has 2 aromatic carbocycles. The Balaban J connectivity index is 2.08. The summed E-state index contributed by atoms with van der Waals surface area (Å²) >= 11 is 0. The molecule has 98 valence electrons. The highest BCUT2D eigenvalue weighted by atomic mass is 16.1. The number of aryl methyl sites for hydroxylation is 1. The van der Waals surface area contributed by atoms with E-state index in [1.165, 1.54) is 5.56 Å². The number of nitrogens with one attached hydrogen (secondary N) is 1. The van der Waals surface area contributed by atoms with Gasteiger partial charge in [-0.25, -0.2) is 0 Å². The summed E-state index contributed by atoms with van der Waals surface area (Å²) in [6.07, 6.45) is 0. The topological polar surface area (TPSA) is 55.1 Å². The van der Waals surface area contributed by atoms with Gasteiger partial charge in [-0.15, -0.1) is 0 Å². The summed E-state index contributed by atoms with van der Waals surface area (Å²) in [5.74, 6) is -0.362. The zero-order chi connectivity index (χ0) is 13.7. The summed E-state index contributed by atoms with van der Waals surface area (Å²) in [5.41, 5.74) is 8.70. The van der Waals surface area contributed by atoms with Gasteiger partial charge in [0.2, 0.25) is 5.91 Å². The molecule has 0 saturated carbocycles. The van der Waals surface area contributed by atoms with Gasteiger partial charge >= 0.3 is 0 Å². The number of amides is 1. The first kappa shape index (κ1) is 13.3. The third-order valence-electron chi connectivity index (χ3n) is 3.01. The Morgan fingerprint density at radius 1 is 1.16 bits per heavy atom. The fourth-order valence-corrected chi connectivity index (χ4v) is 2.07. The molecular weight excluding hydrogens is 236 g/mol. The largest absolute Gasteiger partial charge is 0.368 e. The molecule has 1 amide bonds. The summed E-state index contributed by atoms with van der Waals surface area (Å²) in [5, 5.41) is 3.20. The van der Waals surface area contributed by atoms with E-state index in [-0.39, 0.29) is 5.91 Å². The van der Waals surface area contributed by atoms with Gasteiger partial charge in [0.25, 0.3) is 0 Å². The number of nitrogens with two attached hydrogens (primary N) is 1. The van der Waals surface area contributed by atoms with Crippen LogP contribution in [0.2, 0.25) is 0 Å². The third kappa shape index (κ3) is 3.66. The van der Waals surface area contributed by atoms with Crippen LogP contribution in [0.3, 0.4) is 0 Å². The first-order valence-corrected chi connectivity index (χ1v) is 6.30. The number of rotatable bonds is 5. The smallest absolute Gasteiger partial charge is 0.239 e. The molecule has 3 N–H and O–H groups in total. The SMILES string of the molecule is Cc1cccc(CNC(C(N)=O)c2ccccc2)c1. The van der Waals surface area contributed by atoms with Gasteiger partial charge in [0.15, 0.2) is 0 Å². The van der Waals surface area contributed by atoms with Crippen LogP contribution < -0.4 is 11.1 Å². The molecule has 0 radical (unpaired) electrons. The lowest BCUT2D eigenvalue weighted by atomic mass is 10.1. The van der Waals surface area contributed by atoms with E-state index in [4.69, 9.17) is 5.73 Å². The molecule has 1 unspecified atom stereocenters. The van der Waals surface area contributed by atoms with Crippen molar-refractivity contribution in [2.75, 3.05) is 0 Å². The normalized spacial score (nSPS) is 12.1. The Morgan fingerprint density at radius 2 is 1.89 bits per heavy atom. The van der Waals surface area contributed by atoms with E-state index in [0.29, 0.717) is 6.54 Å². The van der Waals surface area contributed by atoms with Gasteiger partial charge in [-0.05, 0) is 18.1 Å². The molecule has 2 aromatic rings. The number of carbonyl (C=O) groups is 1. The van der Waals surface area contributed by atoms with Crippen molar-refractivity contribution in [3.05, 3.63) is 71.3 Å². The molecule has 0 aliphatic heterocycles. The lowest BCUT2D eigenvalue weighted by Crippen LogP contribution is -2.33. The van der Waals surface area contributed by atoms with Crippen molar-refractivity contribution in [3.8, 4) is 0 Å². The molecule has 0 saturated heterocycles. The van der Waals surface area contributed by atoms with Crippen molar-refractivity contribution >= 4 is 5.91 Å². The quantitative estimate of drug-likeness (QED) is 0.860.